The third kappa shape index (κ3) is 3.94. The first-order valence-electron chi connectivity index (χ1n) is 10.9. The summed E-state index contributed by atoms with van der Waals surface area (Å²) in [6.07, 6.45) is 6.72. The fourth-order valence-electron chi connectivity index (χ4n) is 4.74. The molecule has 2 saturated heterocycles. The van der Waals surface area contributed by atoms with Gasteiger partial charge in [0, 0.05) is 35.6 Å². The molecule has 1 aromatic heterocycles. The van der Waals surface area contributed by atoms with E-state index >= 15 is 0 Å². The molecule has 7 nitrogen and oxygen atoms in total. The topological polar surface area (TPSA) is 89.3 Å². The molecule has 5 rings (SSSR count). The van der Waals surface area contributed by atoms with Crippen molar-refractivity contribution in [3.05, 3.63) is 36.0 Å². The van der Waals surface area contributed by atoms with Crippen molar-refractivity contribution < 1.29 is 9.59 Å². The van der Waals surface area contributed by atoms with Gasteiger partial charge in [-0.05, 0) is 55.9 Å². The first kappa shape index (κ1) is 20.1. The number of nitrogens with one attached hydrogen (secondary N) is 1. The molecule has 2 aromatic rings. The monoisotopic (exact) mass is 435 g/mol. The van der Waals surface area contributed by atoms with E-state index in [2.05, 4.69) is 33.4 Å². The number of amides is 2. The molecule has 0 radical (unpaired) electrons. The quantitative estimate of drug-likeness (QED) is 0.777. The summed E-state index contributed by atoms with van der Waals surface area (Å²) in [4.78, 5) is 33.9. The van der Waals surface area contributed by atoms with E-state index in [9.17, 15) is 14.9 Å². The minimum atomic E-state index is -0.418. The Morgan fingerprint density at radius 3 is 2.94 bits per heavy atom. The Morgan fingerprint density at radius 1 is 1.26 bits per heavy atom. The molecular formula is C23H25N5O2S. The Morgan fingerprint density at radius 2 is 2.13 bits per heavy atom. The van der Waals surface area contributed by atoms with Crippen LogP contribution in [0.15, 0.2) is 30.5 Å². The Bertz CT molecular complexity index is 1060. The summed E-state index contributed by atoms with van der Waals surface area (Å²) in [6, 6.07) is 10.2. The number of pyridine rings is 1. The normalized spacial score (nSPS) is 23.2. The van der Waals surface area contributed by atoms with Crippen LogP contribution in [-0.2, 0) is 4.79 Å². The Balaban J connectivity index is 1.34. The van der Waals surface area contributed by atoms with Gasteiger partial charge in [-0.25, -0.2) is 0 Å². The maximum atomic E-state index is 13.0. The average Bonchev–Trinajstić information content (AvgIpc) is 3.33. The van der Waals surface area contributed by atoms with E-state index in [1.165, 1.54) is 30.6 Å². The number of hydrogen-bond acceptors (Lipinski definition) is 6. The molecule has 160 valence electrons. The first-order valence-corrected chi connectivity index (χ1v) is 12.0. The van der Waals surface area contributed by atoms with Crippen molar-refractivity contribution in [2.75, 3.05) is 29.6 Å². The van der Waals surface area contributed by atoms with Crippen LogP contribution in [0.2, 0.25) is 0 Å². The van der Waals surface area contributed by atoms with Crippen molar-refractivity contribution in [1.29, 1.82) is 5.26 Å². The number of carbonyl (C=O) groups is 2. The van der Waals surface area contributed by atoms with Gasteiger partial charge in [-0.3, -0.25) is 14.6 Å². The molecule has 0 bridgehead atoms. The van der Waals surface area contributed by atoms with Gasteiger partial charge in [-0.15, -0.1) is 11.8 Å². The highest BCUT2D eigenvalue weighted by atomic mass is 32.2. The number of fused-ring (bicyclic) bond motifs is 1. The Hall–Kier alpha value is -2.79. The summed E-state index contributed by atoms with van der Waals surface area (Å²) in [5.41, 5.74) is 2.44. The SMILES string of the molecule is N#CC1CSCN1C(=O)CNC(=O)c1ccnc2ccc(N3CCCC3C3CC3)cc12. The zero-order valence-corrected chi connectivity index (χ0v) is 18.1. The second-order valence-corrected chi connectivity index (χ2v) is 9.49. The van der Waals surface area contributed by atoms with E-state index in [4.69, 9.17) is 0 Å². The number of nitrogens with zero attached hydrogens (tertiary/aromatic N) is 4. The van der Waals surface area contributed by atoms with Crippen molar-refractivity contribution in [1.82, 2.24) is 15.2 Å². The molecule has 2 aliphatic heterocycles. The van der Waals surface area contributed by atoms with E-state index in [0.717, 1.165) is 29.1 Å². The third-order valence-electron chi connectivity index (χ3n) is 6.52. The molecule has 1 N–H and O–H groups in total. The number of anilines is 1. The number of aromatic nitrogens is 1. The standard InChI is InChI=1S/C23H25N5O2S/c24-11-17-13-31-14-28(17)22(29)12-26-23(30)18-7-8-25-20-6-5-16(10-19(18)20)27-9-1-2-21(27)15-3-4-15/h5-8,10,15,17,21H,1-4,9,12-14H2,(H,26,30). The van der Waals surface area contributed by atoms with E-state index in [-0.39, 0.29) is 18.4 Å². The van der Waals surface area contributed by atoms with Gasteiger partial charge < -0.3 is 15.1 Å². The van der Waals surface area contributed by atoms with Crippen molar-refractivity contribution in [3.63, 3.8) is 0 Å². The third-order valence-corrected chi connectivity index (χ3v) is 7.53. The number of nitriles is 1. The van der Waals surface area contributed by atoms with E-state index in [1.807, 2.05) is 6.07 Å². The van der Waals surface area contributed by atoms with Crippen molar-refractivity contribution in [2.45, 2.75) is 37.8 Å². The van der Waals surface area contributed by atoms with Gasteiger partial charge in [0.05, 0.1) is 29.6 Å². The molecule has 31 heavy (non-hydrogen) atoms. The summed E-state index contributed by atoms with van der Waals surface area (Å²) >= 11 is 1.55. The minimum Gasteiger partial charge on any atom is -0.368 e. The molecule has 3 heterocycles. The van der Waals surface area contributed by atoms with Crippen LogP contribution in [0.3, 0.4) is 0 Å². The van der Waals surface area contributed by atoms with Gasteiger partial charge in [0.2, 0.25) is 5.91 Å². The van der Waals surface area contributed by atoms with Crippen LogP contribution in [0.5, 0.6) is 0 Å². The van der Waals surface area contributed by atoms with Crippen molar-refractivity contribution in [2.24, 2.45) is 5.92 Å². The van der Waals surface area contributed by atoms with Gasteiger partial charge in [0.25, 0.3) is 5.91 Å². The highest BCUT2D eigenvalue weighted by molar-refractivity contribution is 7.99. The van der Waals surface area contributed by atoms with Gasteiger partial charge >= 0.3 is 0 Å². The van der Waals surface area contributed by atoms with E-state index < -0.39 is 6.04 Å². The fraction of sp³-hybridized carbons (Fsp3) is 0.478. The van der Waals surface area contributed by atoms with Gasteiger partial charge in [0.15, 0.2) is 0 Å². The maximum absolute atomic E-state index is 13.0. The molecule has 3 aliphatic rings. The number of carbonyl (C=O) groups excluding carboxylic acids is 2. The van der Waals surface area contributed by atoms with Crippen LogP contribution in [0.25, 0.3) is 10.9 Å². The summed E-state index contributed by atoms with van der Waals surface area (Å²) < 4.78 is 0. The summed E-state index contributed by atoms with van der Waals surface area (Å²) in [6.45, 7) is 0.938. The van der Waals surface area contributed by atoms with Gasteiger partial charge in [-0.2, -0.15) is 5.26 Å². The van der Waals surface area contributed by atoms with E-state index in [0.29, 0.717) is 23.2 Å². The first-order chi connectivity index (χ1) is 15.2. The fourth-order valence-corrected chi connectivity index (χ4v) is 5.85. The lowest BCUT2D eigenvalue weighted by Crippen LogP contribution is -2.42. The molecule has 0 spiro atoms. The number of thioether (sulfide) groups is 1. The molecule has 8 heteroatoms. The second kappa shape index (κ2) is 8.39. The molecule has 1 saturated carbocycles. The number of rotatable bonds is 5. The van der Waals surface area contributed by atoms with Crippen LogP contribution in [0.4, 0.5) is 5.69 Å². The Kier molecular flexibility index (Phi) is 5.45. The largest absolute Gasteiger partial charge is 0.368 e. The molecule has 2 unspecified atom stereocenters. The summed E-state index contributed by atoms with van der Waals surface area (Å²) in [5.74, 6) is 1.40. The smallest absolute Gasteiger partial charge is 0.252 e. The predicted octanol–water partition coefficient (Wildman–Crippen LogP) is 2.77. The zero-order valence-electron chi connectivity index (χ0n) is 17.3. The average molecular weight is 436 g/mol. The molecule has 2 amide bonds. The molecular weight excluding hydrogens is 410 g/mol. The maximum Gasteiger partial charge on any atom is 0.252 e. The van der Waals surface area contributed by atoms with Gasteiger partial charge in [-0.1, -0.05) is 0 Å². The second-order valence-electron chi connectivity index (χ2n) is 8.49. The zero-order chi connectivity index (χ0) is 21.4. The lowest BCUT2D eigenvalue weighted by molar-refractivity contribution is -0.129. The van der Waals surface area contributed by atoms with Crippen LogP contribution < -0.4 is 10.2 Å². The van der Waals surface area contributed by atoms with Crippen molar-refractivity contribution >= 4 is 40.2 Å². The molecule has 1 aromatic carbocycles. The van der Waals surface area contributed by atoms with Crippen LogP contribution in [-0.4, -0.2) is 58.5 Å². The molecule has 1 aliphatic carbocycles. The van der Waals surface area contributed by atoms with E-state index in [1.54, 1.807) is 24.0 Å². The highest BCUT2D eigenvalue weighted by Gasteiger charge is 2.38. The van der Waals surface area contributed by atoms with Crippen LogP contribution in [0.1, 0.15) is 36.0 Å². The minimum absolute atomic E-state index is 0.114. The summed E-state index contributed by atoms with van der Waals surface area (Å²) in [7, 11) is 0. The van der Waals surface area contributed by atoms with Gasteiger partial charge in [0.1, 0.15) is 6.04 Å². The van der Waals surface area contributed by atoms with Crippen LogP contribution in [0, 0.1) is 17.2 Å². The highest BCUT2D eigenvalue weighted by Crippen LogP contribution is 2.42. The van der Waals surface area contributed by atoms with Crippen molar-refractivity contribution in [3.8, 4) is 6.07 Å². The lowest BCUT2D eigenvalue weighted by Gasteiger charge is -2.27. The molecule has 2 atom stereocenters. The van der Waals surface area contributed by atoms with Crippen LogP contribution >= 0.6 is 11.8 Å². The number of benzene rings is 1. The predicted molar refractivity (Wildman–Crippen MR) is 121 cm³/mol. The lowest BCUT2D eigenvalue weighted by atomic mass is 10.1. The summed E-state index contributed by atoms with van der Waals surface area (Å²) in [5, 5.41) is 12.7. The Labute approximate surface area is 185 Å². The molecule has 3 fully saturated rings. The number of hydrogen-bond donors (Lipinski definition) is 1.